The molecule has 4 rings (SSSR count). The molecule has 0 radical (unpaired) electrons. The lowest BCUT2D eigenvalue weighted by Crippen LogP contribution is -2.28. The number of anilines is 2. The molecule has 2 aliphatic rings. The van der Waals surface area contributed by atoms with Gasteiger partial charge in [0.25, 0.3) is 0 Å². The number of ether oxygens (including phenoxy) is 3. The van der Waals surface area contributed by atoms with Crippen LogP contribution in [0.25, 0.3) is 0 Å². The quantitative estimate of drug-likeness (QED) is 0.861. The molecule has 0 saturated carbocycles. The number of carbonyl (C=O) groups is 2. The fourth-order valence-corrected chi connectivity index (χ4v) is 3.44. The Morgan fingerprint density at radius 1 is 1.18 bits per heavy atom. The van der Waals surface area contributed by atoms with Gasteiger partial charge in [-0.05, 0) is 31.2 Å². The number of nitrogens with one attached hydrogen (secondary N) is 1. The Morgan fingerprint density at radius 2 is 1.96 bits per heavy atom. The maximum atomic E-state index is 12.7. The summed E-state index contributed by atoms with van der Waals surface area (Å²) in [5.74, 6) is 1.20. The zero-order valence-corrected chi connectivity index (χ0v) is 15.6. The third kappa shape index (κ3) is 3.60. The van der Waals surface area contributed by atoms with E-state index in [4.69, 9.17) is 14.2 Å². The summed E-state index contributed by atoms with van der Waals surface area (Å²) in [6, 6.07) is 12.7. The number of benzene rings is 2. The number of nitrogens with zero attached hydrogens (tertiary/aromatic N) is 1. The number of fused-ring (bicyclic) bond motifs is 1. The predicted molar refractivity (Wildman–Crippen MR) is 104 cm³/mol. The Labute approximate surface area is 163 Å². The van der Waals surface area contributed by atoms with E-state index in [1.807, 2.05) is 31.2 Å². The molecule has 0 aromatic heterocycles. The van der Waals surface area contributed by atoms with Gasteiger partial charge in [-0.3, -0.25) is 9.59 Å². The lowest BCUT2D eigenvalue weighted by molar-refractivity contribution is -0.122. The second-order valence-electron chi connectivity index (χ2n) is 6.65. The second kappa shape index (κ2) is 7.80. The van der Waals surface area contributed by atoms with E-state index in [1.165, 1.54) is 0 Å². The molecule has 2 aliphatic heterocycles. The van der Waals surface area contributed by atoms with Crippen molar-refractivity contribution in [3.8, 4) is 17.2 Å². The Kier molecular flexibility index (Phi) is 5.06. The molecule has 0 spiro atoms. The van der Waals surface area contributed by atoms with Gasteiger partial charge < -0.3 is 24.4 Å². The molecule has 7 nitrogen and oxygen atoms in total. The highest BCUT2D eigenvalue weighted by Crippen LogP contribution is 2.35. The minimum absolute atomic E-state index is 0.0884. The van der Waals surface area contributed by atoms with Crippen molar-refractivity contribution in [1.82, 2.24) is 0 Å². The molecule has 0 unspecified atom stereocenters. The number of rotatable bonds is 5. The van der Waals surface area contributed by atoms with Crippen LogP contribution in [-0.2, 0) is 9.59 Å². The smallest absolute Gasteiger partial charge is 0.229 e. The normalized spacial score (nSPS) is 18.1. The van der Waals surface area contributed by atoms with Crippen molar-refractivity contribution in [3.63, 3.8) is 0 Å². The van der Waals surface area contributed by atoms with Crippen LogP contribution in [0.3, 0.4) is 0 Å². The van der Waals surface area contributed by atoms with Crippen LogP contribution in [0.2, 0.25) is 0 Å². The van der Waals surface area contributed by atoms with Crippen LogP contribution in [0.4, 0.5) is 11.4 Å². The lowest BCUT2D eigenvalue weighted by Gasteiger charge is -2.20. The molecule has 1 saturated heterocycles. The third-order valence-corrected chi connectivity index (χ3v) is 4.76. The summed E-state index contributed by atoms with van der Waals surface area (Å²) < 4.78 is 16.7. The first-order chi connectivity index (χ1) is 13.7. The van der Waals surface area contributed by atoms with Crippen LogP contribution in [0, 0.1) is 5.92 Å². The number of amides is 2. The highest BCUT2D eigenvalue weighted by molar-refractivity contribution is 6.04. The van der Waals surface area contributed by atoms with Gasteiger partial charge in [0, 0.05) is 24.7 Å². The van der Waals surface area contributed by atoms with Gasteiger partial charge in [0.2, 0.25) is 11.8 Å². The van der Waals surface area contributed by atoms with Crippen LogP contribution < -0.4 is 24.4 Å². The van der Waals surface area contributed by atoms with Crippen molar-refractivity contribution in [2.24, 2.45) is 5.92 Å². The average Bonchev–Trinajstić information content (AvgIpc) is 3.10. The summed E-state index contributed by atoms with van der Waals surface area (Å²) in [5.41, 5.74) is 1.32. The molecular weight excluding hydrogens is 360 g/mol. The van der Waals surface area contributed by atoms with Crippen molar-refractivity contribution in [1.29, 1.82) is 0 Å². The first kappa shape index (κ1) is 18.2. The van der Waals surface area contributed by atoms with Crippen LogP contribution in [0.1, 0.15) is 13.3 Å². The molecule has 2 aromatic rings. The Balaban J connectivity index is 1.46. The molecule has 7 heteroatoms. The van der Waals surface area contributed by atoms with E-state index in [2.05, 4.69) is 5.32 Å². The fourth-order valence-electron chi connectivity index (χ4n) is 3.44. The van der Waals surface area contributed by atoms with Gasteiger partial charge in [-0.25, -0.2) is 0 Å². The molecule has 28 heavy (non-hydrogen) atoms. The third-order valence-electron chi connectivity index (χ3n) is 4.76. The molecule has 1 atom stereocenters. The van der Waals surface area contributed by atoms with Crippen molar-refractivity contribution in [2.75, 3.05) is 36.6 Å². The first-order valence-electron chi connectivity index (χ1n) is 9.38. The average molecular weight is 382 g/mol. The molecule has 2 amide bonds. The lowest BCUT2D eigenvalue weighted by atomic mass is 10.1. The number of hydrogen-bond donors (Lipinski definition) is 1. The summed E-state index contributed by atoms with van der Waals surface area (Å²) in [4.78, 5) is 26.9. The van der Waals surface area contributed by atoms with Crippen molar-refractivity contribution in [3.05, 3.63) is 42.5 Å². The van der Waals surface area contributed by atoms with E-state index in [1.54, 1.807) is 23.1 Å². The molecule has 1 N–H and O–H groups in total. The highest BCUT2D eigenvalue weighted by Gasteiger charge is 2.36. The zero-order chi connectivity index (χ0) is 19.5. The minimum Gasteiger partial charge on any atom is -0.492 e. The summed E-state index contributed by atoms with van der Waals surface area (Å²) in [5, 5.41) is 2.88. The summed E-state index contributed by atoms with van der Waals surface area (Å²) in [7, 11) is 0. The Hall–Kier alpha value is -3.22. The van der Waals surface area contributed by atoms with Gasteiger partial charge >= 0.3 is 0 Å². The van der Waals surface area contributed by atoms with Crippen LogP contribution >= 0.6 is 0 Å². The monoisotopic (exact) mass is 382 g/mol. The van der Waals surface area contributed by atoms with Crippen LogP contribution in [0.5, 0.6) is 17.2 Å². The van der Waals surface area contributed by atoms with Crippen molar-refractivity contribution >= 4 is 23.2 Å². The molecular formula is C21H22N2O5. The zero-order valence-electron chi connectivity index (χ0n) is 15.6. The minimum atomic E-state index is -0.435. The van der Waals surface area contributed by atoms with E-state index in [0.29, 0.717) is 55.0 Å². The molecule has 0 aliphatic carbocycles. The van der Waals surface area contributed by atoms with Crippen LogP contribution in [0.15, 0.2) is 42.5 Å². The predicted octanol–water partition coefficient (Wildman–Crippen LogP) is 2.85. The van der Waals surface area contributed by atoms with Crippen molar-refractivity contribution < 1.29 is 23.8 Å². The highest BCUT2D eigenvalue weighted by atomic mass is 16.6. The van der Waals surface area contributed by atoms with Gasteiger partial charge in [0.1, 0.15) is 19.0 Å². The van der Waals surface area contributed by atoms with E-state index >= 15 is 0 Å². The SMILES string of the molecule is CCOc1ccccc1N1C[C@@H](C(=O)Nc2ccc3c(c2)OCCO3)CC1=O. The summed E-state index contributed by atoms with van der Waals surface area (Å²) >= 11 is 0. The summed E-state index contributed by atoms with van der Waals surface area (Å²) in [6.45, 7) is 3.72. The van der Waals surface area contributed by atoms with Gasteiger partial charge in [0.15, 0.2) is 11.5 Å². The maximum Gasteiger partial charge on any atom is 0.229 e. The molecule has 1 fully saturated rings. The largest absolute Gasteiger partial charge is 0.492 e. The molecule has 146 valence electrons. The maximum absolute atomic E-state index is 12.7. The Bertz CT molecular complexity index is 898. The van der Waals surface area contributed by atoms with Crippen LogP contribution in [-0.4, -0.2) is 38.2 Å². The van der Waals surface area contributed by atoms with E-state index in [-0.39, 0.29) is 18.2 Å². The summed E-state index contributed by atoms with van der Waals surface area (Å²) in [6.07, 6.45) is 0.164. The molecule has 0 bridgehead atoms. The molecule has 2 aromatic carbocycles. The fraction of sp³-hybridized carbons (Fsp3) is 0.333. The van der Waals surface area contributed by atoms with Gasteiger partial charge in [0.05, 0.1) is 18.2 Å². The molecule has 2 heterocycles. The Morgan fingerprint density at radius 3 is 2.79 bits per heavy atom. The van der Waals surface area contributed by atoms with Gasteiger partial charge in [-0.2, -0.15) is 0 Å². The van der Waals surface area contributed by atoms with Gasteiger partial charge in [-0.1, -0.05) is 12.1 Å². The standard InChI is InChI=1S/C21H22N2O5/c1-2-26-17-6-4-3-5-16(17)23-13-14(11-20(23)24)21(25)22-15-7-8-18-19(12-15)28-10-9-27-18/h3-8,12,14H,2,9-11,13H2,1H3,(H,22,25)/t14-/m0/s1. The first-order valence-corrected chi connectivity index (χ1v) is 9.38. The number of carbonyl (C=O) groups excluding carboxylic acids is 2. The van der Waals surface area contributed by atoms with Crippen molar-refractivity contribution in [2.45, 2.75) is 13.3 Å². The van der Waals surface area contributed by atoms with E-state index in [9.17, 15) is 9.59 Å². The number of para-hydroxylation sites is 2. The van der Waals surface area contributed by atoms with E-state index in [0.717, 1.165) is 0 Å². The van der Waals surface area contributed by atoms with E-state index < -0.39 is 5.92 Å². The second-order valence-corrected chi connectivity index (χ2v) is 6.65. The van der Waals surface area contributed by atoms with Gasteiger partial charge in [-0.15, -0.1) is 0 Å². The number of hydrogen-bond acceptors (Lipinski definition) is 5. The topological polar surface area (TPSA) is 77.1 Å².